The number of rotatable bonds is 4. The smallest absolute Gasteiger partial charge is 0.272 e. The number of carbonyl (C=O) groups excluding carboxylic acids is 1. The molecule has 0 spiro atoms. The number of ether oxygens (including phenoxy) is 1. The molecule has 3 rings (SSSR count). The van der Waals surface area contributed by atoms with Crippen LogP contribution in [-0.2, 0) is 10.3 Å². The summed E-state index contributed by atoms with van der Waals surface area (Å²) < 4.78 is 6.50. The Morgan fingerprint density at radius 3 is 2.56 bits per heavy atom. The molecule has 25 heavy (non-hydrogen) atoms. The Balaban J connectivity index is 1.86. The standard InChI is InChI=1S/C18H21BrN4O2/c1-23(2)16-7-6-15(21-22-16)17(24)20-18(8-10-25-11-9-18)13-4-3-5-14(19)12-13/h3-7,12H,8-11H2,1-2H3,(H,20,24). The van der Waals surface area contributed by atoms with Gasteiger partial charge in [0.15, 0.2) is 11.5 Å². The SMILES string of the molecule is CN(C)c1ccc(C(=O)NC2(c3cccc(Br)c3)CCOCC2)nn1. The molecule has 1 aliphatic heterocycles. The Kier molecular flexibility index (Phi) is 5.34. The number of aromatic nitrogens is 2. The van der Waals surface area contributed by atoms with E-state index in [1.54, 1.807) is 12.1 Å². The Hall–Kier alpha value is -1.99. The molecule has 0 atom stereocenters. The highest BCUT2D eigenvalue weighted by Crippen LogP contribution is 2.33. The molecule has 1 fully saturated rings. The van der Waals surface area contributed by atoms with Gasteiger partial charge in [-0.15, -0.1) is 10.2 Å². The predicted molar refractivity (Wildman–Crippen MR) is 99.7 cm³/mol. The fourth-order valence-electron chi connectivity index (χ4n) is 2.96. The topological polar surface area (TPSA) is 67.4 Å². The molecule has 1 amide bonds. The quantitative estimate of drug-likeness (QED) is 0.848. The first-order valence-electron chi connectivity index (χ1n) is 8.17. The molecular weight excluding hydrogens is 384 g/mol. The second-order valence-corrected chi connectivity index (χ2v) is 7.25. The van der Waals surface area contributed by atoms with Gasteiger partial charge in [0.05, 0.1) is 5.54 Å². The zero-order chi connectivity index (χ0) is 17.9. The van der Waals surface area contributed by atoms with E-state index in [-0.39, 0.29) is 5.91 Å². The first-order valence-corrected chi connectivity index (χ1v) is 8.97. The van der Waals surface area contributed by atoms with Crippen molar-refractivity contribution in [3.63, 3.8) is 0 Å². The number of anilines is 1. The van der Waals surface area contributed by atoms with E-state index in [2.05, 4.69) is 31.4 Å². The Morgan fingerprint density at radius 2 is 1.96 bits per heavy atom. The summed E-state index contributed by atoms with van der Waals surface area (Å²) in [5, 5.41) is 11.3. The van der Waals surface area contributed by atoms with Crippen molar-refractivity contribution in [2.24, 2.45) is 0 Å². The fraction of sp³-hybridized carbons (Fsp3) is 0.389. The minimum absolute atomic E-state index is 0.223. The second kappa shape index (κ2) is 7.49. The van der Waals surface area contributed by atoms with Crippen LogP contribution in [0.1, 0.15) is 28.9 Å². The van der Waals surface area contributed by atoms with Crippen LogP contribution in [0.5, 0.6) is 0 Å². The van der Waals surface area contributed by atoms with Crippen molar-refractivity contribution in [1.29, 1.82) is 0 Å². The molecule has 2 aromatic rings. The highest BCUT2D eigenvalue weighted by molar-refractivity contribution is 9.10. The molecule has 0 bridgehead atoms. The van der Waals surface area contributed by atoms with Crippen LogP contribution in [0.2, 0.25) is 0 Å². The van der Waals surface area contributed by atoms with Gasteiger partial charge in [-0.25, -0.2) is 0 Å². The second-order valence-electron chi connectivity index (χ2n) is 6.33. The number of hydrogen-bond acceptors (Lipinski definition) is 5. The van der Waals surface area contributed by atoms with Gasteiger partial charge in [0.2, 0.25) is 0 Å². The Labute approximate surface area is 155 Å². The molecule has 1 saturated heterocycles. The average molecular weight is 405 g/mol. The number of amides is 1. The van der Waals surface area contributed by atoms with Gasteiger partial charge in [0.1, 0.15) is 0 Å². The van der Waals surface area contributed by atoms with E-state index in [9.17, 15) is 4.79 Å². The summed E-state index contributed by atoms with van der Waals surface area (Å²) in [4.78, 5) is 14.6. The number of nitrogens with zero attached hydrogens (tertiary/aromatic N) is 3. The van der Waals surface area contributed by atoms with Crippen LogP contribution in [0.15, 0.2) is 40.9 Å². The summed E-state index contributed by atoms with van der Waals surface area (Å²) in [5.41, 5.74) is 0.920. The van der Waals surface area contributed by atoms with Gasteiger partial charge in [0.25, 0.3) is 5.91 Å². The van der Waals surface area contributed by atoms with Gasteiger partial charge < -0.3 is 15.0 Å². The maximum Gasteiger partial charge on any atom is 0.272 e. The molecule has 1 aromatic heterocycles. The van der Waals surface area contributed by atoms with Gasteiger partial charge in [-0.05, 0) is 42.7 Å². The number of halogens is 1. The molecule has 0 radical (unpaired) electrons. The average Bonchev–Trinajstić information content (AvgIpc) is 2.62. The molecule has 1 N–H and O–H groups in total. The summed E-state index contributed by atoms with van der Waals surface area (Å²) in [7, 11) is 3.77. The molecule has 6 nitrogen and oxygen atoms in total. The molecule has 1 aromatic carbocycles. The number of nitrogens with one attached hydrogen (secondary N) is 1. The minimum Gasteiger partial charge on any atom is -0.381 e. The van der Waals surface area contributed by atoms with E-state index in [0.717, 1.165) is 22.9 Å². The fourth-order valence-corrected chi connectivity index (χ4v) is 3.36. The number of hydrogen-bond donors (Lipinski definition) is 1. The lowest BCUT2D eigenvalue weighted by Crippen LogP contribution is -2.49. The largest absolute Gasteiger partial charge is 0.381 e. The molecular formula is C18H21BrN4O2. The summed E-state index contributed by atoms with van der Waals surface area (Å²) in [6.45, 7) is 1.22. The lowest BCUT2D eigenvalue weighted by Gasteiger charge is -2.38. The summed E-state index contributed by atoms with van der Waals surface area (Å²) in [6, 6.07) is 11.5. The van der Waals surface area contributed by atoms with Crippen molar-refractivity contribution in [1.82, 2.24) is 15.5 Å². The Bertz CT molecular complexity index is 743. The van der Waals surface area contributed by atoms with E-state index in [1.807, 2.05) is 43.3 Å². The van der Waals surface area contributed by atoms with E-state index < -0.39 is 5.54 Å². The van der Waals surface area contributed by atoms with Crippen LogP contribution in [0.3, 0.4) is 0 Å². The van der Waals surface area contributed by atoms with E-state index >= 15 is 0 Å². The van der Waals surface area contributed by atoms with E-state index in [1.165, 1.54) is 0 Å². The van der Waals surface area contributed by atoms with Gasteiger partial charge in [-0.2, -0.15) is 0 Å². The van der Waals surface area contributed by atoms with E-state index in [4.69, 9.17) is 4.74 Å². The zero-order valence-corrected chi connectivity index (χ0v) is 15.9. The van der Waals surface area contributed by atoms with Gasteiger partial charge in [-0.1, -0.05) is 28.1 Å². The molecule has 132 valence electrons. The van der Waals surface area contributed by atoms with Crippen LogP contribution < -0.4 is 10.2 Å². The summed E-state index contributed by atoms with van der Waals surface area (Å²) in [5.74, 6) is 0.490. The third-order valence-corrected chi connectivity index (χ3v) is 4.91. The van der Waals surface area contributed by atoms with Crippen molar-refractivity contribution in [3.8, 4) is 0 Å². The third-order valence-electron chi connectivity index (χ3n) is 4.42. The third kappa shape index (κ3) is 3.99. The molecule has 0 unspecified atom stereocenters. The van der Waals surface area contributed by atoms with Crippen molar-refractivity contribution in [2.45, 2.75) is 18.4 Å². The molecule has 7 heteroatoms. The van der Waals surface area contributed by atoms with Crippen molar-refractivity contribution in [2.75, 3.05) is 32.2 Å². The highest BCUT2D eigenvalue weighted by Gasteiger charge is 2.36. The van der Waals surface area contributed by atoms with Crippen molar-refractivity contribution in [3.05, 3.63) is 52.1 Å². The highest BCUT2D eigenvalue weighted by atomic mass is 79.9. The van der Waals surface area contributed by atoms with Gasteiger partial charge >= 0.3 is 0 Å². The maximum atomic E-state index is 12.8. The zero-order valence-electron chi connectivity index (χ0n) is 14.3. The first kappa shape index (κ1) is 17.8. The number of carbonyl (C=O) groups is 1. The predicted octanol–water partition coefficient (Wildman–Crippen LogP) is 2.74. The van der Waals surface area contributed by atoms with Crippen LogP contribution in [0, 0.1) is 0 Å². The van der Waals surface area contributed by atoms with Crippen molar-refractivity contribution < 1.29 is 9.53 Å². The van der Waals surface area contributed by atoms with Crippen LogP contribution in [-0.4, -0.2) is 43.4 Å². The monoisotopic (exact) mass is 404 g/mol. The number of benzene rings is 1. The lowest BCUT2D eigenvalue weighted by atomic mass is 9.82. The molecule has 1 aliphatic rings. The molecule has 2 heterocycles. The maximum absolute atomic E-state index is 12.8. The summed E-state index contributed by atoms with van der Waals surface area (Å²) in [6.07, 6.45) is 1.44. The minimum atomic E-state index is -0.457. The normalized spacial score (nSPS) is 16.3. The summed E-state index contributed by atoms with van der Waals surface area (Å²) >= 11 is 3.51. The first-order chi connectivity index (χ1) is 12.0. The van der Waals surface area contributed by atoms with Crippen LogP contribution >= 0.6 is 15.9 Å². The van der Waals surface area contributed by atoms with Gasteiger partial charge in [0, 0.05) is 31.8 Å². The molecule has 0 aliphatic carbocycles. The van der Waals surface area contributed by atoms with Gasteiger partial charge in [-0.3, -0.25) is 4.79 Å². The van der Waals surface area contributed by atoms with Crippen LogP contribution in [0.25, 0.3) is 0 Å². The Morgan fingerprint density at radius 1 is 1.20 bits per heavy atom. The lowest BCUT2D eigenvalue weighted by molar-refractivity contribution is 0.0343. The van der Waals surface area contributed by atoms with E-state index in [0.29, 0.717) is 24.7 Å². The van der Waals surface area contributed by atoms with Crippen LogP contribution in [0.4, 0.5) is 5.82 Å². The van der Waals surface area contributed by atoms with Crippen molar-refractivity contribution >= 4 is 27.7 Å². The molecule has 0 saturated carbocycles.